The second-order valence-corrected chi connectivity index (χ2v) is 2.50. The van der Waals surface area contributed by atoms with Crippen molar-refractivity contribution in [1.82, 2.24) is 9.38 Å². The second-order valence-electron chi connectivity index (χ2n) is 2.50. The van der Waals surface area contributed by atoms with Crippen LogP contribution < -0.4 is 0 Å². The Bertz CT molecular complexity index is 393. The molecule has 2 aromatic rings. The topological polar surface area (TPSA) is 17.3 Å². The minimum Gasteiger partial charge on any atom is -0.304 e. The van der Waals surface area contributed by atoms with Gasteiger partial charge in [-0.25, -0.2) is 9.37 Å². The number of imidazole rings is 1. The van der Waals surface area contributed by atoms with Gasteiger partial charge >= 0.3 is 0 Å². The molecule has 0 aliphatic heterocycles. The Labute approximate surface area is 77.0 Å². The van der Waals surface area contributed by atoms with Gasteiger partial charge in [-0.15, -0.1) is 0 Å². The molecular formula is C10H13FN2. The van der Waals surface area contributed by atoms with Crippen molar-refractivity contribution in [2.24, 2.45) is 0 Å². The summed E-state index contributed by atoms with van der Waals surface area (Å²) in [6.07, 6.45) is 3.20. The minimum atomic E-state index is -0.241. The smallest absolute Gasteiger partial charge is 0.139 e. The molecule has 0 aliphatic carbocycles. The second kappa shape index (κ2) is 4.03. The van der Waals surface area contributed by atoms with E-state index in [9.17, 15) is 4.39 Å². The van der Waals surface area contributed by atoms with Crippen LogP contribution in [0.15, 0.2) is 24.5 Å². The molecule has 0 atom stereocenters. The maximum Gasteiger partial charge on any atom is 0.139 e. The summed E-state index contributed by atoms with van der Waals surface area (Å²) in [5.41, 5.74) is 1.68. The van der Waals surface area contributed by atoms with Gasteiger partial charge in [-0.05, 0) is 19.1 Å². The van der Waals surface area contributed by atoms with Crippen molar-refractivity contribution in [3.8, 4) is 0 Å². The number of hydrogen-bond donors (Lipinski definition) is 0. The van der Waals surface area contributed by atoms with Gasteiger partial charge in [0.2, 0.25) is 0 Å². The van der Waals surface area contributed by atoms with Crippen LogP contribution in [-0.4, -0.2) is 9.38 Å². The van der Waals surface area contributed by atoms with Crippen LogP contribution in [0, 0.1) is 12.7 Å². The Morgan fingerprint density at radius 1 is 1.23 bits per heavy atom. The fourth-order valence-corrected chi connectivity index (χ4v) is 1.09. The van der Waals surface area contributed by atoms with Crippen molar-refractivity contribution in [3.63, 3.8) is 0 Å². The molecule has 13 heavy (non-hydrogen) atoms. The van der Waals surface area contributed by atoms with Gasteiger partial charge in [-0.3, -0.25) is 0 Å². The van der Waals surface area contributed by atoms with Crippen molar-refractivity contribution >= 4 is 5.65 Å². The number of rotatable bonds is 0. The molecule has 2 heterocycles. The highest BCUT2D eigenvalue weighted by Gasteiger charge is 1.96. The van der Waals surface area contributed by atoms with Crippen LogP contribution in [0.1, 0.15) is 19.5 Å². The van der Waals surface area contributed by atoms with E-state index in [0.29, 0.717) is 0 Å². The Balaban J connectivity index is 0.000000396. The predicted molar refractivity (Wildman–Crippen MR) is 51.2 cm³/mol. The molecule has 0 amide bonds. The van der Waals surface area contributed by atoms with Crippen molar-refractivity contribution < 1.29 is 4.39 Å². The highest BCUT2D eigenvalue weighted by molar-refractivity contribution is 5.39. The summed E-state index contributed by atoms with van der Waals surface area (Å²) in [6, 6.07) is 3.06. The zero-order chi connectivity index (χ0) is 9.84. The summed E-state index contributed by atoms with van der Waals surface area (Å²) in [7, 11) is 0. The highest BCUT2D eigenvalue weighted by atomic mass is 19.1. The first-order valence-electron chi connectivity index (χ1n) is 4.36. The minimum absolute atomic E-state index is 0.241. The molecule has 2 nitrogen and oxygen atoms in total. The van der Waals surface area contributed by atoms with Crippen LogP contribution in [0.5, 0.6) is 0 Å². The number of nitrogens with zero attached hydrogens (tertiary/aromatic N) is 2. The van der Waals surface area contributed by atoms with E-state index >= 15 is 0 Å². The number of hydrogen-bond acceptors (Lipinski definition) is 1. The fourth-order valence-electron chi connectivity index (χ4n) is 1.09. The quantitative estimate of drug-likeness (QED) is 0.609. The van der Waals surface area contributed by atoms with Crippen molar-refractivity contribution in [2.45, 2.75) is 20.8 Å². The summed E-state index contributed by atoms with van der Waals surface area (Å²) in [5.74, 6) is -0.241. The van der Waals surface area contributed by atoms with Crippen LogP contribution in [0.3, 0.4) is 0 Å². The molecule has 70 valence electrons. The lowest BCUT2D eigenvalue weighted by Crippen LogP contribution is -1.83. The van der Waals surface area contributed by atoms with Gasteiger partial charge in [0.25, 0.3) is 0 Å². The molecule has 0 aliphatic rings. The van der Waals surface area contributed by atoms with E-state index < -0.39 is 0 Å². The molecule has 0 fully saturated rings. The van der Waals surface area contributed by atoms with E-state index in [1.807, 2.05) is 20.8 Å². The third-order valence-corrected chi connectivity index (χ3v) is 1.54. The molecule has 0 saturated carbocycles. The monoisotopic (exact) mass is 180 g/mol. The van der Waals surface area contributed by atoms with Gasteiger partial charge in [0.05, 0.1) is 5.69 Å². The van der Waals surface area contributed by atoms with Gasteiger partial charge in [0.1, 0.15) is 11.5 Å². The lowest BCUT2D eigenvalue weighted by Gasteiger charge is -1.90. The van der Waals surface area contributed by atoms with Gasteiger partial charge in [0.15, 0.2) is 0 Å². The zero-order valence-corrected chi connectivity index (χ0v) is 8.08. The number of aromatic nitrogens is 2. The molecule has 3 heteroatoms. The van der Waals surface area contributed by atoms with Crippen LogP contribution in [-0.2, 0) is 0 Å². The summed E-state index contributed by atoms with van der Waals surface area (Å²) in [5, 5.41) is 0. The maximum absolute atomic E-state index is 12.6. The highest BCUT2D eigenvalue weighted by Crippen LogP contribution is 2.05. The van der Waals surface area contributed by atoms with Crippen LogP contribution >= 0.6 is 0 Å². The predicted octanol–water partition coefficient (Wildman–Crippen LogP) is 2.81. The fraction of sp³-hybridized carbons (Fsp3) is 0.300. The first-order valence-corrected chi connectivity index (χ1v) is 4.36. The van der Waals surface area contributed by atoms with Crippen molar-refractivity contribution in [2.75, 3.05) is 0 Å². The van der Waals surface area contributed by atoms with E-state index in [2.05, 4.69) is 4.98 Å². The third-order valence-electron chi connectivity index (χ3n) is 1.54. The van der Waals surface area contributed by atoms with Gasteiger partial charge in [0, 0.05) is 12.4 Å². The third kappa shape index (κ3) is 2.05. The number of aryl methyl sites for hydroxylation is 1. The summed E-state index contributed by atoms with van der Waals surface area (Å²) < 4.78 is 14.3. The first kappa shape index (κ1) is 9.71. The average Bonchev–Trinajstić information content (AvgIpc) is 2.48. The maximum atomic E-state index is 12.6. The Kier molecular flexibility index (Phi) is 3.01. The molecule has 0 unspecified atom stereocenters. The SMILES string of the molecule is CC.Cc1cn2cc(F)ccc2n1. The molecule has 0 saturated heterocycles. The van der Waals surface area contributed by atoms with E-state index in [4.69, 9.17) is 0 Å². The Morgan fingerprint density at radius 2 is 1.92 bits per heavy atom. The molecule has 0 N–H and O–H groups in total. The largest absolute Gasteiger partial charge is 0.304 e. The number of fused-ring (bicyclic) bond motifs is 1. The molecule has 0 spiro atoms. The standard InChI is InChI=1S/C8H7FN2.C2H6/c1-6-4-11-5-7(9)2-3-8(11)10-6;1-2/h2-5H,1H3;1-2H3. The molecule has 2 rings (SSSR count). The first-order chi connectivity index (χ1) is 6.25. The van der Waals surface area contributed by atoms with Gasteiger partial charge < -0.3 is 4.40 Å². The van der Waals surface area contributed by atoms with Gasteiger partial charge in [-0.1, -0.05) is 13.8 Å². The van der Waals surface area contributed by atoms with E-state index in [1.54, 1.807) is 16.7 Å². The van der Waals surface area contributed by atoms with E-state index in [0.717, 1.165) is 11.3 Å². The average molecular weight is 180 g/mol. The molecular weight excluding hydrogens is 167 g/mol. The molecule has 0 aromatic carbocycles. The summed E-state index contributed by atoms with van der Waals surface area (Å²) in [6.45, 7) is 5.88. The molecule has 0 bridgehead atoms. The Morgan fingerprint density at radius 3 is 2.62 bits per heavy atom. The summed E-state index contributed by atoms with van der Waals surface area (Å²) >= 11 is 0. The van der Waals surface area contributed by atoms with E-state index in [1.165, 1.54) is 12.3 Å². The zero-order valence-electron chi connectivity index (χ0n) is 8.08. The van der Waals surface area contributed by atoms with Crippen LogP contribution in [0.4, 0.5) is 4.39 Å². The van der Waals surface area contributed by atoms with Crippen molar-refractivity contribution in [3.05, 3.63) is 36.0 Å². The normalized spacial score (nSPS) is 9.54. The van der Waals surface area contributed by atoms with Crippen LogP contribution in [0.25, 0.3) is 5.65 Å². The van der Waals surface area contributed by atoms with Crippen molar-refractivity contribution in [1.29, 1.82) is 0 Å². The van der Waals surface area contributed by atoms with E-state index in [-0.39, 0.29) is 5.82 Å². The number of halogens is 1. The summed E-state index contributed by atoms with van der Waals surface area (Å²) in [4.78, 5) is 4.15. The molecule has 2 aromatic heterocycles. The number of pyridine rings is 1. The Hall–Kier alpha value is -1.38. The lowest BCUT2D eigenvalue weighted by molar-refractivity contribution is 0.619. The van der Waals surface area contributed by atoms with Gasteiger partial charge in [-0.2, -0.15) is 0 Å². The lowest BCUT2D eigenvalue weighted by atomic mass is 10.5. The van der Waals surface area contributed by atoms with Crippen LogP contribution in [0.2, 0.25) is 0 Å². The molecule has 0 radical (unpaired) electrons.